The Labute approximate surface area is 187 Å². The molecule has 0 aliphatic rings. The van der Waals surface area contributed by atoms with Gasteiger partial charge in [-0.3, -0.25) is 4.79 Å². The number of phenols is 1. The molecule has 9 nitrogen and oxygen atoms in total. The number of hydrogen-bond acceptors (Lipinski definition) is 6. The summed E-state index contributed by atoms with van der Waals surface area (Å²) < 4.78 is 10.8. The molecular weight excluding hydrogens is 428 g/mol. The van der Waals surface area contributed by atoms with E-state index in [0.717, 1.165) is 16.5 Å². The van der Waals surface area contributed by atoms with Gasteiger partial charge < -0.3 is 29.7 Å². The van der Waals surface area contributed by atoms with Crippen LogP contribution in [0.1, 0.15) is 18.1 Å². The number of phenolic OH excluding ortho intramolecular Hbond substituents is 1. The Balaban J connectivity index is 1.48. The van der Waals surface area contributed by atoms with E-state index < -0.39 is 29.6 Å². The molecule has 0 aliphatic heterocycles. The molecule has 0 unspecified atom stereocenters. The average Bonchev–Trinajstić information content (AvgIpc) is 3.14. The Kier molecular flexibility index (Phi) is 5.78. The van der Waals surface area contributed by atoms with Crippen molar-refractivity contribution in [3.63, 3.8) is 0 Å². The van der Waals surface area contributed by atoms with E-state index in [9.17, 15) is 24.6 Å². The maximum absolute atomic E-state index is 12.7. The van der Waals surface area contributed by atoms with Crippen LogP contribution in [-0.2, 0) is 16.0 Å². The Morgan fingerprint density at radius 2 is 1.94 bits per heavy atom. The van der Waals surface area contributed by atoms with Crippen molar-refractivity contribution in [2.75, 3.05) is 0 Å². The van der Waals surface area contributed by atoms with Crippen molar-refractivity contribution in [2.24, 2.45) is 0 Å². The fourth-order valence-corrected chi connectivity index (χ4v) is 3.68. The summed E-state index contributed by atoms with van der Waals surface area (Å²) in [5, 5.41) is 23.3. The highest BCUT2D eigenvalue weighted by atomic mass is 16.5. The fourth-order valence-electron chi connectivity index (χ4n) is 3.68. The van der Waals surface area contributed by atoms with Crippen molar-refractivity contribution >= 4 is 33.7 Å². The molecule has 4 N–H and O–H groups in total. The highest BCUT2D eigenvalue weighted by Gasteiger charge is 2.25. The van der Waals surface area contributed by atoms with E-state index in [2.05, 4.69) is 10.3 Å². The molecule has 0 saturated heterocycles. The number of carbonyl (C=O) groups excluding carboxylic acids is 1. The number of hydrogen-bond donors (Lipinski definition) is 4. The summed E-state index contributed by atoms with van der Waals surface area (Å²) >= 11 is 0. The lowest BCUT2D eigenvalue weighted by Crippen LogP contribution is -2.47. The van der Waals surface area contributed by atoms with E-state index in [1.807, 2.05) is 0 Å². The molecule has 1 amide bonds. The van der Waals surface area contributed by atoms with Gasteiger partial charge in [0.1, 0.15) is 23.1 Å². The van der Waals surface area contributed by atoms with Gasteiger partial charge in [0.2, 0.25) is 0 Å². The lowest BCUT2D eigenvalue weighted by atomic mass is 10.0. The normalized spacial score (nSPS) is 13.0. The van der Waals surface area contributed by atoms with Crippen LogP contribution in [0.4, 0.5) is 0 Å². The van der Waals surface area contributed by atoms with Crippen LogP contribution in [0.15, 0.2) is 57.9 Å². The number of carboxylic acids is 1. The molecule has 2 heterocycles. The highest BCUT2D eigenvalue weighted by Crippen LogP contribution is 2.25. The Bertz CT molecular complexity index is 1420. The number of ether oxygens (including phenoxy) is 1. The summed E-state index contributed by atoms with van der Waals surface area (Å²) in [5.41, 5.74) is 1.98. The van der Waals surface area contributed by atoms with E-state index in [-0.39, 0.29) is 12.2 Å². The quantitative estimate of drug-likeness (QED) is 0.317. The number of aryl methyl sites for hydroxylation is 1. The zero-order valence-electron chi connectivity index (χ0n) is 17.9. The zero-order valence-corrected chi connectivity index (χ0v) is 17.9. The number of fused-ring (bicyclic) bond motifs is 2. The van der Waals surface area contributed by atoms with Gasteiger partial charge in [0.05, 0.1) is 0 Å². The molecule has 4 aromatic rings. The lowest BCUT2D eigenvalue weighted by Gasteiger charge is -2.19. The number of aromatic hydroxyl groups is 1. The summed E-state index contributed by atoms with van der Waals surface area (Å²) in [4.78, 5) is 39.1. The second-order valence-corrected chi connectivity index (χ2v) is 7.81. The van der Waals surface area contributed by atoms with Crippen LogP contribution in [0.5, 0.6) is 11.5 Å². The van der Waals surface area contributed by atoms with Crippen molar-refractivity contribution in [3.8, 4) is 11.5 Å². The summed E-state index contributed by atoms with van der Waals surface area (Å²) in [6, 6.07) is 9.81. The van der Waals surface area contributed by atoms with E-state index in [1.165, 1.54) is 31.2 Å². The molecule has 0 aliphatic carbocycles. The minimum absolute atomic E-state index is 0.0116. The maximum Gasteiger partial charge on any atom is 0.336 e. The van der Waals surface area contributed by atoms with Crippen LogP contribution in [0, 0.1) is 6.92 Å². The number of carboxylic acid groups (broad SMARTS) is 1. The molecule has 0 saturated carbocycles. The number of benzene rings is 2. The van der Waals surface area contributed by atoms with Gasteiger partial charge in [0, 0.05) is 41.0 Å². The molecule has 33 heavy (non-hydrogen) atoms. The molecule has 170 valence electrons. The van der Waals surface area contributed by atoms with E-state index in [0.29, 0.717) is 22.3 Å². The van der Waals surface area contributed by atoms with E-state index in [1.54, 1.807) is 31.3 Å². The molecule has 2 aromatic heterocycles. The number of rotatable bonds is 7. The number of amides is 1. The third-order valence-corrected chi connectivity index (χ3v) is 5.39. The van der Waals surface area contributed by atoms with Crippen LogP contribution in [0.3, 0.4) is 0 Å². The lowest BCUT2D eigenvalue weighted by molar-refractivity contribution is -0.142. The number of aliphatic carboxylic acids is 1. The SMILES string of the molecule is Cc1cc(=O)oc2cc(O[C@H](C)C(=O)N[C@@H](Cc3c[nH]c4ccc(O)cc34)C(=O)O)ccc12. The smallest absolute Gasteiger partial charge is 0.336 e. The first-order chi connectivity index (χ1) is 15.7. The standard InChI is InChI=1S/C24H22N2O7/c1-12-7-22(28)33-21-10-16(4-5-17(12)21)32-13(2)23(29)26-20(24(30)31)8-14-11-25-19-6-3-15(27)9-18(14)19/h3-7,9-11,13,20,25,27H,8H2,1-2H3,(H,26,29)(H,30,31)/t13-,20+/m1/s1. The second kappa shape index (κ2) is 8.70. The van der Waals surface area contributed by atoms with Gasteiger partial charge in [-0.25, -0.2) is 9.59 Å². The summed E-state index contributed by atoms with van der Waals surface area (Å²) in [7, 11) is 0. The number of carbonyl (C=O) groups is 2. The predicted molar refractivity (Wildman–Crippen MR) is 121 cm³/mol. The molecule has 0 spiro atoms. The maximum atomic E-state index is 12.7. The van der Waals surface area contributed by atoms with Gasteiger partial charge in [-0.1, -0.05) is 0 Å². The second-order valence-electron chi connectivity index (χ2n) is 7.81. The molecule has 2 aromatic carbocycles. The van der Waals surface area contributed by atoms with E-state index >= 15 is 0 Å². The summed E-state index contributed by atoms with van der Waals surface area (Å²) in [6.07, 6.45) is 0.655. The average molecular weight is 450 g/mol. The monoisotopic (exact) mass is 450 g/mol. The van der Waals surface area contributed by atoms with Crippen LogP contribution in [-0.4, -0.2) is 39.2 Å². The van der Waals surface area contributed by atoms with Crippen molar-refractivity contribution in [2.45, 2.75) is 32.4 Å². The molecule has 4 rings (SSSR count). The van der Waals surface area contributed by atoms with Gasteiger partial charge in [-0.05, 0) is 55.3 Å². The minimum atomic E-state index is -1.21. The predicted octanol–water partition coefficient (Wildman–Crippen LogP) is 2.87. The molecular formula is C24H22N2O7. The first-order valence-electron chi connectivity index (χ1n) is 10.2. The third kappa shape index (κ3) is 4.67. The Morgan fingerprint density at radius 1 is 1.15 bits per heavy atom. The van der Waals surface area contributed by atoms with Gasteiger partial charge in [0.25, 0.3) is 5.91 Å². The zero-order chi connectivity index (χ0) is 23.7. The molecule has 0 radical (unpaired) electrons. The van der Waals surface area contributed by atoms with Gasteiger partial charge >= 0.3 is 11.6 Å². The van der Waals surface area contributed by atoms with Crippen LogP contribution in [0.2, 0.25) is 0 Å². The highest BCUT2D eigenvalue weighted by molar-refractivity contribution is 5.89. The van der Waals surface area contributed by atoms with Crippen molar-refractivity contribution < 1.29 is 29.0 Å². The minimum Gasteiger partial charge on any atom is -0.508 e. The topological polar surface area (TPSA) is 142 Å². The van der Waals surface area contributed by atoms with Crippen LogP contribution < -0.4 is 15.7 Å². The van der Waals surface area contributed by atoms with Crippen LogP contribution in [0.25, 0.3) is 21.9 Å². The Hall–Kier alpha value is -4.27. The molecule has 9 heteroatoms. The van der Waals surface area contributed by atoms with Crippen molar-refractivity contribution in [3.05, 3.63) is 70.2 Å². The molecule has 0 bridgehead atoms. The van der Waals surface area contributed by atoms with Gasteiger partial charge in [0.15, 0.2) is 6.10 Å². The fraction of sp³-hybridized carbons (Fsp3) is 0.208. The van der Waals surface area contributed by atoms with Crippen molar-refractivity contribution in [1.29, 1.82) is 0 Å². The molecule has 0 fully saturated rings. The molecule has 2 atom stereocenters. The van der Waals surface area contributed by atoms with E-state index in [4.69, 9.17) is 9.15 Å². The number of aromatic nitrogens is 1. The number of nitrogens with one attached hydrogen (secondary N) is 2. The van der Waals surface area contributed by atoms with Gasteiger partial charge in [-0.2, -0.15) is 0 Å². The van der Waals surface area contributed by atoms with Crippen LogP contribution >= 0.6 is 0 Å². The van der Waals surface area contributed by atoms with Gasteiger partial charge in [-0.15, -0.1) is 0 Å². The first kappa shape index (κ1) is 21.9. The summed E-state index contributed by atoms with van der Waals surface area (Å²) in [5.74, 6) is -1.45. The summed E-state index contributed by atoms with van der Waals surface area (Å²) in [6.45, 7) is 3.28. The van der Waals surface area contributed by atoms with Crippen molar-refractivity contribution in [1.82, 2.24) is 10.3 Å². The number of H-pyrrole nitrogens is 1. The number of aromatic amines is 1. The largest absolute Gasteiger partial charge is 0.508 e. The third-order valence-electron chi connectivity index (χ3n) is 5.39. The first-order valence-corrected chi connectivity index (χ1v) is 10.2. The Morgan fingerprint density at radius 3 is 2.70 bits per heavy atom.